The van der Waals surface area contributed by atoms with Gasteiger partial charge in [-0.2, -0.15) is 0 Å². The molecule has 0 heterocycles. The van der Waals surface area contributed by atoms with Crippen molar-refractivity contribution in [2.24, 2.45) is 0 Å². The summed E-state index contributed by atoms with van der Waals surface area (Å²) in [7, 11) is 0. The lowest BCUT2D eigenvalue weighted by molar-refractivity contribution is 0.181. The van der Waals surface area contributed by atoms with E-state index in [0.29, 0.717) is 5.75 Å². The molecule has 3 heteroatoms. The summed E-state index contributed by atoms with van der Waals surface area (Å²) in [5, 5.41) is 22.8. The fraction of sp³-hybridized carbons (Fsp3) is 0.500. The van der Waals surface area contributed by atoms with Crippen molar-refractivity contribution < 1.29 is 10.3 Å². The Balaban J connectivity index is 2.69. The standard InChI is InChI=1S/C24H35NO2/c1-22(2,3)19-14-17(15-20(21(19)26)23(4,5)6)16-11-10-12-18(13-16)25(27)24(7,8)9/h10-15,26-27H,1-9H3. The fourth-order valence-corrected chi connectivity index (χ4v) is 3.15. The zero-order valence-electron chi connectivity index (χ0n) is 18.3. The Morgan fingerprint density at radius 1 is 0.704 bits per heavy atom. The van der Waals surface area contributed by atoms with Crippen LogP contribution < -0.4 is 5.06 Å². The predicted molar refractivity (Wildman–Crippen MR) is 115 cm³/mol. The number of hydrogen-bond donors (Lipinski definition) is 2. The van der Waals surface area contributed by atoms with Crippen molar-refractivity contribution >= 4 is 5.69 Å². The number of aromatic hydroxyl groups is 1. The van der Waals surface area contributed by atoms with Crippen molar-refractivity contribution in [3.05, 3.63) is 47.5 Å². The predicted octanol–water partition coefficient (Wildman–Crippen LogP) is 6.65. The second-order valence-electron chi connectivity index (χ2n) is 10.5. The molecule has 0 spiro atoms. The average molecular weight is 370 g/mol. The minimum Gasteiger partial charge on any atom is -0.507 e. The van der Waals surface area contributed by atoms with E-state index in [-0.39, 0.29) is 16.4 Å². The van der Waals surface area contributed by atoms with E-state index in [1.54, 1.807) is 0 Å². The van der Waals surface area contributed by atoms with E-state index in [1.165, 1.54) is 5.06 Å². The lowest BCUT2D eigenvalue weighted by Crippen LogP contribution is -2.38. The van der Waals surface area contributed by atoms with Crippen LogP contribution in [0.25, 0.3) is 11.1 Å². The molecule has 0 aliphatic heterocycles. The summed E-state index contributed by atoms with van der Waals surface area (Å²) >= 11 is 0. The van der Waals surface area contributed by atoms with E-state index in [9.17, 15) is 10.3 Å². The first-order chi connectivity index (χ1) is 12.1. The molecule has 2 rings (SSSR count). The first-order valence-electron chi connectivity index (χ1n) is 9.60. The largest absolute Gasteiger partial charge is 0.507 e. The van der Waals surface area contributed by atoms with Crippen molar-refractivity contribution in [3.8, 4) is 16.9 Å². The van der Waals surface area contributed by atoms with Crippen molar-refractivity contribution in [2.75, 3.05) is 5.06 Å². The van der Waals surface area contributed by atoms with Gasteiger partial charge in [-0.25, -0.2) is 0 Å². The van der Waals surface area contributed by atoms with Crippen LogP contribution in [0.1, 0.15) is 73.4 Å². The molecule has 0 aliphatic carbocycles. The highest BCUT2D eigenvalue weighted by Crippen LogP contribution is 2.42. The number of nitrogens with zero attached hydrogens (tertiary/aromatic N) is 1. The summed E-state index contributed by atoms with van der Waals surface area (Å²) in [6, 6.07) is 12.1. The zero-order chi connectivity index (χ0) is 20.8. The van der Waals surface area contributed by atoms with Crippen LogP contribution in [0.3, 0.4) is 0 Å². The molecule has 2 aromatic rings. The van der Waals surface area contributed by atoms with Crippen LogP contribution in [0.15, 0.2) is 36.4 Å². The summed E-state index contributed by atoms with van der Waals surface area (Å²) in [5.74, 6) is 0.383. The molecule has 0 bridgehead atoms. The van der Waals surface area contributed by atoms with E-state index >= 15 is 0 Å². The van der Waals surface area contributed by atoms with Crippen LogP contribution in [0.4, 0.5) is 5.69 Å². The number of rotatable bonds is 2. The Morgan fingerprint density at radius 3 is 1.59 bits per heavy atom. The molecular formula is C24H35NO2. The van der Waals surface area contributed by atoms with Gasteiger partial charge < -0.3 is 5.11 Å². The summed E-state index contributed by atoms with van der Waals surface area (Å²) < 4.78 is 0. The third-order valence-corrected chi connectivity index (χ3v) is 4.79. The van der Waals surface area contributed by atoms with Crippen molar-refractivity contribution in [1.82, 2.24) is 0 Å². The minimum atomic E-state index is -0.388. The van der Waals surface area contributed by atoms with Gasteiger partial charge in [-0.1, -0.05) is 53.7 Å². The van der Waals surface area contributed by atoms with Gasteiger partial charge in [-0.15, -0.1) is 0 Å². The lowest BCUT2D eigenvalue weighted by atomic mass is 9.77. The fourth-order valence-electron chi connectivity index (χ4n) is 3.15. The highest BCUT2D eigenvalue weighted by atomic mass is 16.5. The molecule has 0 atom stereocenters. The number of anilines is 1. The summed E-state index contributed by atoms with van der Waals surface area (Å²) in [4.78, 5) is 0. The minimum absolute atomic E-state index is 0.174. The average Bonchev–Trinajstić information content (AvgIpc) is 2.51. The van der Waals surface area contributed by atoms with Gasteiger partial charge in [0.25, 0.3) is 0 Å². The molecule has 2 N–H and O–H groups in total. The van der Waals surface area contributed by atoms with Crippen molar-refractivity contribution in [3.63, 3.8) is 0 Å². The van der Waals surface area contributed by atoms with Crippen LogP contribution in [0.2, 0.25) is 0 Å². The molecule has 3 nitrogen and oxygen atoms in total. The van der Waals surface area contributed by atoms with E-state index in [0.717, 1.165) is 27.9 Å². The van der Waals surface area contributed by atoms with Crippen LogP contribution in [0, 0.1) is 0 Å². The van der Waals surface area contributed by atoms with Gasteiger partial charge >= 0.3 is 0 Å². The summed E-state index contributed by atoms with van der Waals surface area (Å²) in [6.45, 7) is 18.6. The first-order valence-corrected chi connectivity index (χ1v) is 9.60. The second-order valence-corrected chi connectivity index (χ2v) is 10.5. The molecule has 2 aromatic carbocycles. The molecule has 148 valence electrons. The Hall–Kier alpha value is -2.00. The molecule has 0 unspecified atom stereocenters. The quantitative estimate of drug-likeness (QED) is 0.583. The molecule has 0 fully saturated rings. The van der Waals surface area contributed by atoms with E-state index in [4.69, 9.17) is 0 Å². The SMILES string of the molecule is CC(C)(C)c1cc(-c2cccc(N(O)C(C)(C)C)c2)cc(C(C)(C)C)c1O. The molecule has 0 amide bonds. The maximum Gasteiger partial charge on any atom is 0.123 e. The maximum atomic E-state index is 10.9. The molecule has 0 saturated heterocycles. The molecule has 0 aliphatic rings. The Bertz CT molecular complexity index is 782. The summed E-state index contributed by atoms with van der Waals surface area (Å²) in [6.07, 6.45) is 0. The van der Waals surface area contributed by atoms with Gasteiger partial charge in [-0.05, 0) is 67.0 Å². The molecule has 0 radical (unpaired) electrons. The van der Waals surface area contributed by atoms with Gasteiger partial charge in [0.2, 0.25) is 0 Å². The Labute approximate surface area is 164 Å². The van der Waals surface area contributed by atoms with Crippen LogP contribution in [-0.4, -0.2) is 15.9 Å². The lowest BCUT2D eigenvalue weighted by Gasteiger charge is -2.32. The van der Waals surface area contributed by atoms with Gasteiger partial charge in [0, 0.05) is 11.1 Å². The molecule has 0 saturated carbocycles. The smallest absolute Gasteiger partial charge is 0.123 e. The van der Waals surface area contributed by atoms with Gasteiger partial charge in [0.15, 0.2) is 0 Å². The van der Waals surface area contributed by atoms with Crippen molar-refractivity contribution in [2.45, 2.75) is 78.7 Å². The molecule has 0 aromatic heterocycles. The van der Waals surface area contributed by atoms with Gasteiger partial charge in [0.1, 0.15) is 5.75 Å². The van der Waals surface area contributed by atoms with Crippen LogP contribution in [0.5, 0.6) is 5.75 Å². The second kappa shape index (κ2) is 6.87. The molecule has 27 heavy (non-hydrogen) atoms. The maximum absolute atomic E-state index is 10.9. The number of hydroxylamine groups is 1. The number of benzene rings is 2. The first kappa shape index (κ1) is 21.3. The number of phenolic OH excluding ortho intramolecular Hbond substituents is 1. The Kier molecular flexibility index (Phi) is 5.42. The Morgan fingerprint density at radius 2 is 1.19 bits per heavy atom. The van der Waals surface area contributed by atoms with Gasteiger partial charge in [-0.3, -0.25) is 10.3 Å². The van der Waals surface area contributed by atoms with Gasteiger partial charge in [0.05, 0.1) is 11.2 Å². The third kappa shape index (κ3) is 4.65. The topological polar surface area (TPSA) is 43.7 Å². The zero-order valence-corrected chi connectivity index (χ0v) is 18.3. The van der Waals surface area contributed by atoms with Crippen LogP contribution >= 0.6 is 0 Å². The normalized spacial score (nSPS) is 13.0. The molecular weight excluding hydrogens is 334 g/mol. The highest BCUT2D eigenvalue weighted by molar-refractivity contribution is 5.72. The van der Waals surface area contributed by atoms with Crippen molar-refractivity contribution in [1.29, 1.82) is 0 Å². The number of hydrogen-bond acceptors (Lipinski definition) is 3. The van der Waals surface area contributed by atoms with E-state index in [1.807, 2.05) is 45.0 Å². The number of phenols is 1. The highest BCUT2D eigenvalue weighted by Gasteiger charge is 2.27. The third-order valence-electron chi connectivity index (χ3n) is 4.79. The monoisotopic (exact) mass is 369 g/mol. The van der Waals surface area contributed by atoms with E-state index in [2.05, 4.69) is 53.7 Å². The van der Waals surface area contributed by atoms with E-state index < -0.39 is 0 Å². The summed E-state index contributed by atoms with van der Waals surface area (Å²) in [5.41, 5.74) is 3.96. The van der Waals surface area contributed by atoms with Crippen LogP contribution in [-0.2, 0) is 10.8 Å².